The van der Waals surface area contributed by atoms with Crippen LogP contribution in [0.25, 0.3) is 0 Å². The summed E-state index contributed by atoms with van der Waals surface area (Å²) in [6.07, 6.45) is 0. The van der Waals surface area contributed by atoms with E-state index in [1.165, 1.54) is 0 Å². The van der Waals surface area contributed by atoms with Gasteiger partial charge >= 0.3 is 0 Å². The number of nitrogens with one attached hydrogen (secondary N) is 2. The lowest BCUT2D eigenvalue weighted by Crippen LogP contribution is -2.40. The number of hydrogen-bond acceptors (Lipinski definition) is 3. The van der Waals surface area contributed by atoms with Gasteiger partial charge in [-0.3, -0.25) is 4.79 Å². The van der Waals surface area contributed by atoms with Crippen molar-refractivity contribution in [1.29, 1.82) is 5.26 Å². The van der Waals surface area contributed by atoms with Crippen molar-refractivity contribution in [1.82, 2.24) is 10.6 Å². The predicted octanol–water partition coefficient (Wildman–Crippen LogP) is 0.650. The molecular weight excluding hydrogens is 178 g/mol. The summed E-state index contributed by atoms with van der Waals surface area (Å²) < 4.78 is 0. The summed E-state index contributed by atoms with van der Waals surface area (Å²) in [4.78, 5) is 11.2. The Hall–Kier alpha value is -1.08. The largest absolute Gasteiger partial charge is 0.353 e. The van der Waals surface area contributed by atoms with E-state index in [4.69, 9.17) is 5.26 Å². The first kappa shape index (κ1) is 12.9. The Kier molecular flexibility index (Phi) is 5.18. The van der Waals surface area contributed by atoms with Gasteiger partial charge in [-0.2, -0.15) is 5.26 Å². The van der Waals surface area contributed by atoms with Crippen LogP contribution in [-0.4, -0.2) is 25.0 Å². The predicted molar refractivity (Wildman–Crippen MR) is 55.5 cm³/mol. The van der Waals surface area contributed by atoms with Crippen molar-refractivity contribution in [3.05, 3.63) is 0 Å². The first-order valence-electron chi connectivity index (χ1n) is 4.79. The zero-order valence-corrected chi connectivity index (χ0v) is 9.35. The smallest absolute Gasteiger partial charge is 0.234 e. The molecule has 0 rings (SSSR count). The van der Waals surface area contributed by atoms with Gasteiger partial charge in [0, 0.05) is 12.6 Å². The molecule has 0 heterocycles. The van der Waals surface area contributed by atoms with Crippen molar-refractivity contribution in [2.24, 2.45) is 5.41 Å². The molecule has 0 radical (unpaired) electrons. The molecule has 0 aromatic rings. The standard InChI is InChI=1S/C10H19N3O/c1-8(2)12-5-9(14)13-7-10(3,4)6-11/h8,12H,5,7H2,1-4H3,(H,13,14). The number of nitriles is 1. The summed E-state index contributed by atoms with van der Waals surface area (Å²) in [6, 6.07) is 2.42. The van der Waals surface area contributed by atoms with E-state index in [0.717, 1.165) is 0 Å². The number of amides is 1. The SMILES string of the molecule is CC(C)NCC(=O)NCC(C)(C)C#N. The molecule has 0 spiro atoms. The van der Waals surface area contributed by atoms with Gasteiger partial charge < -0.3 is 10.6 Å². The Bertz CT molecular complexity index is 228. The molecule has 0 fully saturated rings. The molecule has 4 heteroatoms. The highest BCUT2D eigenvalue weighted by Crippen LogP contribution is 2.09. The summed E-state index contributed by atoms with van der Waals surface area (Å²) in [5.41, 5.74) is -0.493. The molecule has 0 aromatic carbocycles. The second kappa shape index (κ2) is 5.61. The highest BCUT2D eigenvalue weighted by atomic mass is 16.1. The summed E-state index contributed by atoms with van der Waals surface area (Å²) in [7, 11) is 0. The van der Waals surface area contributed by atoms with Crippen LogP contribution in [0.5, 0.6) is 0 Å². The second-order valence-corrected chi connectivity index (χ2v) is 4.31. The molecule has 0 aliphatic heterocycles. The van der Waals surface area contributed by atoms with Crippen molar-refractivity contribution in [3.8, 4) is 6.07 Å². The molecule has 1 amide bonds. The average Bonchev–Trinajstić information content (AvgIpc) is 2.11. The second-order valence-electron chi connectivity index (χ2n) is 4.31. The quantitative estimate of drug-likeness (QED) is 0.680. The van der Waals surface area contributed by atoms with Gasteiger partial charge in [0.25, 0.3) is 0 Å². The monoisotopic (exact) mass is 197 g/mol. The zero-order valence-electron chi connectivity index (χ0n) is 9.35. The topological polar surface area (TPSA) is 64.9 Å². The highest BCUT2D eigenvalue weighted by molar-refractivity contribution is 5.78. The van der Waals surface area contributed by atoms with Crippen LogP contribution in [0, 0.1) is 16.7 Å². The van der Waals surface area contributed by atoms with Gasteiger partial charge in [0.1, 0.15) is 0 Å². The number of nitrogens with zero attached hydrogens (tertiary/aromatic N) is 1. The molecule has 0 unspecified atom stereocenters. The van der Waals surface area contributed by atoms with Crippen molar-refractivity contribution in [3.63, 3.8) is 0 Å². The third-order valence-electron chi connectivity index (χ3n) is 1.70. The summed E-state index contributed by atoms with van der Waals surface area (Å²) in [5.74, 6) is -0.0676. The molecule has 4 nitrogen and oxygen atoms in total. The van der Waals surface area contributed by atoms with Gasteiger partial charge in [0.2, 0.25) is 5.91 Å². The third-order valence-corrected chi connectivity index (χ3v) is 1.70. The van der Waals surface area contributed by atoms with Crippen LogP contribution < -0.4 is 10.6 Å². The van der Waals surface area contributed by atoms with E-state index >= 15 is 0 Å². The number of carbonyl (C=O) groups is 1. The minimum atomic E-state index is -0.493. The fourth-order valence-electron chi connectivity index (χ4n) is 0.718. The average molecular weight is 197 g/mol. The minimum absolute atomic E-state index is 0.0676. The van der Waals surface area contributed by atoms with Gasteiger partial charge in [-0.05, 0) is 13.8 Å². The van der Waals surface area contributed by atoms with Crippen molar-refractivity contribution >= 4 is 5.91 Å². The van der Waals surface area contributed by atoms with E-state index in [9.17, 15) is 4.79 Å². The lowest BCUT2D eigenvalue weighted by molar-refractivity contribution is -0.120. The fraction of sp³-hybridized carbons (Fsp3) is 0.800. The molecule has 14 heavy (non-hydrogen) atoms. The molecule has 0 aliphatic rings. The number of rotatable bonds is 5. The Balaban J connectivity index is 3.71. The fourth-order valence-corrected chi connectivity index (χ4v) is 0.718. The van der Waals surface area contributed by atoms with E-state index in [0.29, 0.717) is 19.1 Å². The highest BCUT2D eigenvalue weighted by Gasteiger charge is 2.17. The van der Waals surface area contributed by atoms with Crippen LogP contribution in [0.4, 0.5) is 0 Å². The molecule has 0 saturated carbocycles. The van der Waals surface area contributed by atoms with Crippen LogP contribution in [0.3, 0.4) is 0 Å². The van der Waals surface area contributed by atoms with Crippen LogP contribution in [0.2, 0.25) is 0 Å². The first-order valence-corrected chi connectivity index (χ1v) is 4.79. The molecule has 0 aromatic heterocycles. The maximum Gasteiger partial charge on any atom is 0.234 e. The zero-order chi connectivity index (χ0) is 11.2. The summed E-state index contributed by atoms with van der Waals surface area (Å²) >= 11 is 0. The number of hydrogen-bond donors (Lipinski definition) is 2. The molecular formula is C10H19N3O. The van der Waals surface area contributed by atoms with E-state index in [2.05, 4.69) is 16.7 Å². The summed E-state index contributed by atoms with van der Waals surface area (Å²) in [5, 5.41) is 14.4. The van der Waals surface area contributed by atoms with E-state index in [1.807, 2.05) is 13.8 Å². The lowest BCUT2D eigenvalue weighted by Gasteiger charge is -2.16. The molecule has 0 bridgehead atoms. The van der Waals surface area contributed by atoms with Crippen LogP contribution >= 0.6 is 0 Å². The maximum absolute atomic E-state index is 11.2. The first-order chi connectivity index (χ1) is 6.37. The molecule has 0 aliphatic carbocycles. The van der Waals surface area contributed by atoms with Gasteiger partial charge in [0.15, 0.2) is 0 Å². The third kappa shape index (κ3) is 6.44. The van der Waals surface area contributed by atoms with E-state index < -0.39 is 5.41 Å². The van der Waals surface area contributed by atoms with Gasteiger partial charge in [-0.25, -0.2) is 0 Å². The Morgan fingerprint density at radius 3 is 2.50 bits per heavy atom. The number of carbonyl (C=O) groups excluding carboxylic acids is 1. The van der Waals surface area contributed by atoms with Crippen LogP contribution in [0.15, 0.2) is 0 Å². The van der Waals surface area contributed by atoms with Crippen LogP contribution in [-0.2, 0) is 4.79 Å². The lowest BCUT2D eigenvalue weighted by atomic mass is 9.96. The van der Waals surface area contributed by atoms with Crippen molar-refractivity contribution in [2.75, 3.05) is 13.1 Å². The van der Waals surface area contributed by atoms with Gasteiger partial charge in [-0.1, -0.05) is 13.8 Å². The minimum Gasteiger partial charge on any atom is -0.353 e. The summed E-state index contributed by atoms with van der Waals surface area (Å²) in [6.45, 7) is 8.24. The Labute approximate surface area is 85.7 Å². The van der Waals surface area contributed by atoms with Gasteiger partial charge in [0.05, 0.1) is 18.0 Å². The van der Waals surface area contributed by atoms with E-state index in [1.54, 1.807) is 13.8 Å². The van der Waals surface area contributed by atoms with Crippen molar-refractivity contribution in [2.45, 2.75) is 33.7 Å². The Morgan fingerprint density at radius 2 is 2.07 bits per heavy atom. The van der Waals surface area contributed by atoms with Gasteiger partial charge in [-0.15, -0.1) is 0 Å². The molecule has 0 atom stereocenters. The van der Waals surface area contributed by atoms with E-state index in [-0.39, 0.29) is 5.91 Å². The molecule has 0 saturated heterocycles. The Morgan fingerprint density at radius 1 is 1.50 bits per heavy atom. The molecule has 2 N–H and O–H groups in total. The van der Waals surface area contributed by atoms with Crippen LogP contribution in [0.1, 0.15) is 27.7 Å². The van der Waals surface area contributed by atoms with Crippen molar-refractivity contribution < 1.29 is 4.79 Å². The molecule has 80 valence electrons. The maximum atomic E-state index is 11.2. The normalized spacial score (nSPS) is 11.1.